The third-order valence-corrected chi connectivity index (χ3v) is 5.26. The number of benzene rings is 2. The number of amides is 1. The second kappa shape index (κ2) is 8.61. The van der Waals surface area contributed by atoms with E-state index in [0.717, 1.165) is 11.3 Å². The number of halogens is 2. The second-order valence-electron chi connectivity index (χ2n) is 6.71. The minimum absolute atomic E-state index is 0.00357. The van der Waals surface area contributed by atoms with Crippen LogP contribution >= 0.6 is 11.6 Å². The number of rotatable bonds is 5. The lowest BCUT2D eigenvalue weighted by Crippen LogP contribution is -2.52. The fourth-order valence-corrected chi connectivity index (χ4v) is 3.32. The molecule has 0 aromatic heterocycles. The van der Waals surface area contributed by atoms with Crippen molar-refractivity contribution >= 4 is 23.2 Å². The van der Waals surface area contributed by atoms with E-state index in [1.807, 2.05) is 24.8 Å². The molecule has 144 valence electrons. The van der Waals surface area contributed by atoms with E-state index in [-0.39, 0.29) is 11.7 Å². The third kappa shape index (κ3) is 4.72. The van der Waals surface area contributed by atoms with Crippen molar-refractivity contribution in [3.63, 3.8) is 0 Å². The summed E-state index contributed by atoms with van der Waals surface area (Å²) in [4.78, 5) is 16.9. The molecule has 0 radical (unpaired) electrons. The van der Waals surface area contributed by atoms with Crippen molar-refractivity contribution in [3.8, 4) is 5.75 Å². The fourth-order valence-electron chi connectivity index (χ4n) is 3.20. The minimum Gasteiger partial charge on any atom is -0.481 e. The lowest BCUT2D eigenvalue weighted by Gasteiger charge is -2.37. The average Bonchev–Trinajstić information content (AvgIpc) is 2.69. The van der Waals surface area contributed by atoms with E-state index in [1.165, 1.54) is 12.1 Å². The molecule has 1 aliphatic rings. The molecule has 1 aliphatic heterocycles. The molecule has 0 N–H and O–H groups in total. The van der Waals surface area contributed by atoms with Gasteiger partial charge in [-0.1, -0.05) is 18.5 Å². The summed E-state index contributed by atoms with van der Waals surface area (Å²) in [6.07, 6.45) is 0.0848. The van der Waals surface area contributed by atoms with Crippen LogP contribution in [0.1, 0.15) is 18.9 Å². The van der Waals surface area contributed by atoms with E-state index < -0.39 is 6.10 Å². The molecule has 1 fully saturated rings. The van der Waals surface area contributed by atoms with Crippen molar-refractivity contribution < 1.29 is 13.9 Å². The highest BCUT2D eigenvalue weighted by Crippen LogP contribution is 2.23. The standard InChI is InChI=1S/C21H24ClFN2O2/c1-3-20(27-18-8-9-19(22)15(2)14-18)21(26)25-12-10-24(11-13-25)17-6-4-16(23)5-7-17/h4-9,14,20H,3,10-13H2,1-2H3/t20-/m1/s1. The lowest BCUT2D eigenvalue weighted by atomic mass is 10.2. The summed E-state index contributed by atoms with van der Waals surface area (Å²) >= 11 is 6.05. The van der Waals surface area contributed by atoms with Gasteiger partial charge < -0.3 is 14.5 Å². The zero-order valence-electron chi connectivity index (χ0n) is 15.6. The molecule has 0 unspecified atom stereocenters. The van der Waals surface area contributed by atoms with Crippen molar-refractivity contribution in [3.05, 3.63) is 58.9 Å². The van der Waals surface area contributed by atoms with Gasteiger partial charge in [0.25, 0.3) is 5.91 Å². The van der Waals surface area contributed by atoms with Gasteiger partial charge in [-0.3, -0.25) is 4.79 Å². The highest BCUT2D eigenvalue weighted by Gasteiger charge is 2.28. The largest absolute Gasteiger partial charge is 0.481 e. The molecule has 0 aliphatic carbocycles. The summed E-state index contributed by atoms with van der Waals surface area (Å²) in [5, 5.41) is 0.679. The Bertz CT molecular complexity index is 789. The van der Waals surface area contributed by atoms with Gasteiger partial charge in [0.1, 0.15) is 11.6 Å². The number of aryl methyl sites for hydroxylation is 1. The van der Waals surface area contributed by atoms with Crippen molar-refractivity contribution in [2.75, 3.05) is 31.1 Å². The average molecular weight is 391 g/mol. The van der Waals surface area contributed by atoms with Crippen LogP contribution in [0.5, 0.6) is 5.75 Å². The maximum absolute atomic E-state index is 13.1. The number of carbonyl (C=O) groups is 1. The summed E-state index contributed by atoms with van der Waals surface area (Å²) in [5.74, 6) is 0.416. The SMILES string of the molecule is CC[C@@H](Oc1ccc(Cl)c(C)c1)C(=O)N1CCN(c2ccc(F)cc2)CC1. The predicted molar refractivity (Wildman–Crippen MR) is 106 cm³/mol. The van der Waals surface area contributed by atoms with Gasteiger partial charge in [0.15, 0.2) is 6.10 Å². The van der Waals surface area contributed by atoms with Crippen LogP contribution in [0.4, 0.5) is 10.1 Å². The quantitative estimate of drug-likeness (QED) is 0.763. The topological polar surface area (TPSA) is 32.8 Å². The van der Waals surface area contributed by atoms with Crippen LogP contribution < -0.4 is 9.64 Å². The molecular formula is C21H24ClFN2O2. The van der Waals surface area contributed by atoms with Gasteiger partial charge in [-0.05, 0) is 61.4 Å². The highest BCUT2D eigenvalue weighted by molar-refractivity contribution is 6.31. The zero-order valence-corrected chi connectivity index (χ0v) is 16.4. The summed E-state index contributed by atoms with van der Waals surface area (Å²) in [6.45, 7) is 6.53. The first-order valence-electron chi connectivity index (χ1n) is 9.20. The van der Waals surface area contributed by atoms with E-state index >= 15 is 0 Å². The van der Waals surface area contributed by atoms with E-state index in [1.54, 1.807) is 24.3 Å². The minimum atomic E-state index is -0.511. The van der Waals surface area contributed by atoms with Gasteiger partial charge in [-0.15, -0.1) is 0 Å². The molecule has 1 amide bonds. The Morgan fingerprint density at radius 3 is 2.41 bits per heavy atom. The van der Waals surface area contributed by atoms with Crippen LogP contribution in [-0.2, 0) is 4.79 Å². The molecule has 2 aromatic carbocycles. The number of hydrogen-bond acceptors (Lipinski definition) is 3. The number of piperazine rings is 1. The van der Waals surface area contributed by atoms with E-state index in [9.17, 15) is 9.18 Å². The molecule has 2 aromatic rings. The molecular weight excluding hydrogens is 367 g/mol. The smallest absolute Gasteiger partial charge is 0.263 e. The Balaban J connectivity index is 1.59. The summed E-state index contributed by atoms with van der Waals surface area (Å²) in [7, 11) is 0. The Labute approximate surface area is 164 Å². The van der Waals surface area contributed by atoms with Gasteiger partial charge in [-0.2, -0.15) is 0 Å². The monoisotopic (exact) mass is 390 g/mol. The van der Waals surface area contributed by atoms with Crippen molar-refractivity contribution in [2.24, 2.45) is 0 Å². The number of nitrogens with zero attached hydrogens (tertiary/aromatic N) is 2. The maximum Gasteiger partial charge on any atom is 0.263 e. The first-order valence-corrected chi connectivity index (χ1v) is 9.58. The summed E-state index contributed by atoms with van der Waals surface area (Å²) in [5.41, 5.74) is 1.90. The summed E-state index contributed by atoms with van der Waals surface area (Å²) in [6, 6.07) is 11.9. The van der Waals surface area contributed by atoms with Crippen molar-refractivity contribution in [1.82, 2.24) is 4.90 Å². The lowest BCUT2D eigenvalue weighted by molar-refractivity contribution is -0.139. The maximum atomic E-state index is 13.1. The summed E-state index contributed by atoms with van der Waals surface area (Å²) < 4.78 is 19.0. The van der Waals surface area contributed by atoms with E-state index in [4.69, 9.17) is 16.3 Å². The predicted octanol–water partition coefficient (Wildman–Crippen LogP) is 4.29. The first kappa shape index (κ1) is 19.5. The Kier molecular flexibility index (Phi) is 6.22. The van der Waals surface area contributed by atoms with Gasteiger partial charge in [0.05, 0.1) is 0 Å². The van der Waals surface area contributed by atoms with Crippen molar-refractivity contribution in [2.45, 2.75) is 26.4 Å². The van der Waals surface area contributed by atoms with Crippen LogP contribution in [0.3, 0.4) is 0 Å². The van der Waals surface area contributed by atoms with Gasteiger partial charge in [0.2, 0.25) is 0 Å². The molecule has 1 atom stereocenters. The number of hydrogen-bond donors (Lipinski definition) is 0. The normalized spacial score (nSPS) is 15.6. The van der Waals surface area contributed by atoms with E-state index in [0.29, 0.717) is 43.4 Å². The molecule has 0 bridgehead atoms. The molecule has 4 nitrogen and oxygen atoms in total. The molecule has 6 heteroatoms. The van der Waals surface area contributed by atoms with Gasteiger partial charge >= 0.3 is 0 Å². The second-order valence-corrected chi connectivity index (χ2v) is 7.12. The van der Waals surface area contributed by atoms with Crippen LogP contribution in [0, 0.1) is 12.7 Å². The Morgan fingerprint density at radius 1 is 1.15 bits per heavy atom. The van der Waals surface area contributed by atoms with Crippen molar-refractivity contribution in [1.29, 1.82) is 0 Å². The molecule has 0 saturated carbocycles. The van der Waals surface area contributed by atoms with Gasteiger partial charge in [-0.25, -0.2) is 4.39 Å². The number of ether oxygens (including phenoxy) is 1. The molecule has 27 heavy (non-hydrogen) atoms. The van der Waals surface area contributed by atoms with E-state index in [2.05, 4.69) is 4.90 Å². The highest BCUT2D eigenvalue weighted by atomic mass is 35.5. The number of carbonyl (C=O) groups excluding carboxylic acids is 1. The molecule has 3 rings (SSSR count). The van der Waals surface area contributed by atoms with Gasteiger partial charge in [0, 0.05) is 36.9 Å². The van der Waals surface area contributed by atoms with Crippen LogP contribution in [-0.4, -0.2) is 43.1 Å². The molecule has 1 saturated heterocycles. The number of anilines is 1. The van der Waals surface area contributed by atoms with Crippen LogP contribution in [0.15, 0.2) is 42.5 Å². The fraction of sp³-hybridized carbons (Fsp3) is 0.381. The molecule has 1 heterocycles. The Hall–Kier alpha value is -2.27. The van der Waals surface area contributed by atoms with Crippen LogP contribution in [0.25, 0.3) is 0 Å². The van der Waals surface area contributed by atoms with Crippen LogP contribution in [0.2, 0.25) is 5.02 Å². The molecule has 0 spiro atoms. The zero-order chi connectivity index (χ0) is 19.4. The third-order valence-electron chi connectivity index (χ3n) is 4.84. The Morgan fingerprint density at radius 2 is 1.81 bits per heavy atom. The first-order chi connectivity index (χ1) is 13.0.